The Morgan fingerprint density at radius 3 is 2.56 bits per heavy atom. The van der Waals surface area contributed by atoms with E-state index in [1.807, 2.05) is 0 Å². The van der Waals surface area contributed by atoms with E-state index in [2.05, 4.69) is 0 Å². The van der Waals surface area contributed by atoms with Gasteiger partial charge in [-0.1, -0.05) is 12.1 Å². The summed E-state index contributed by atoms with van der Waals surface area (Å²) < 4.78 is 29.6. The van der Waals surface area contributed by atoms with Crippen molar-refractivity contribution < 1.29 is 18.0 Å². The minimum absolute atomic E-state index is 0.181. The van der Waals surface area contributed by atoms with Crippen LogP contribution < -0.4 is 10.2 Å². The number of ether oxygens (including phenoxy) is 1. The lowest BCUT2D eigenvalue weighted by molar-refractivity contribution is 0.306. The van der Waals surface area contributed by atoms with Gasteiger partial charge in [0.25, 0.3) is 0 Å². The molecule has 0 spiro atoms. The molecule has 0 aliphatic heterocycles. The van der Waals surface area contributed by atoms with Crippen LogP contribution in [0.5, 0.6) is 5.75 Å². The third-order valence-electron chi connectivity index (χ3n) is 3.78. The van der Waals surface area contributed by atoms with E-state index in [0.29, 0.717) is 28.2 Å². The Morgan fingerprint density at radius 1 is 0.960 bits per heavy atom. The Bertz CT molecular complexity index is 1060. The first kappa shape index (κ1) is 15.2. The van der Waals surface area contributed by atoms with Gasteiger partial charge < -0.3 is 13.6 Å². The van der Waals surface area contributed by atoms with Gasteiger partial charge in [-0.2, -0.15) is 0 Å². The Labute approximate surface area is 142 Å². The summed E-state index contributed by atoms with van der Waals surface area (Å²) in [5.74, 6) is 1.12. The fourth-order valence-electron chi connectivity index (χ4n) is 2.51. The number of fused-ring (bicyclic) bond motifs is 1. The highest BCUT2D eigenvalue weighted by Crippen LogP contribution is 2.25. The molecule has 2 aromatic heterocycles. The average Bonchev–Trinajstić information content (AvgIpc) is 3.16. The molecule has 0 aliphatic rings. The minimum Gasteiger partial charge on any atom is -0.489 e. The molecule has 0 saturated heterocycles. The van der Waals surface area contributed by atoms with Crippen molar-refractivity contribution in [2.45, 2.75) is 6.61 Å². The first-order valence-electron chi connectivity index (χ1n) is 7.68. The van der Waals surface area contributed by atoms with Crippen LogP contribution in [0.2, 0.25) is 0 Å². The fourth-order valence-corrected chi connectivity index (χ4v) is 2.51. The summed E-state index contributed by atoms with van der Waals surface area (Å²) in [6.45, 7) is 0.279. The average molecular weight is 336 g/mol. The van der Waals surface area contributed by atoms with Crippen LogP contribution >= 0.6 is 0 Å². The molecule has 0 atom stereocenters. The van der Waals surface area contributed by atoms with Crippen molar-refractivity contribution in [1.29, 1.82) is 0 Å². The van der Waals surface area contributed by atoms with Gasteiger partial charge in [0.2, 0.25) is 0 Å². The van der Waals surface area contributed by atoms with Gasteiger partial charge in [0, 0.05) is 6.07 Å². The van der Waals surface area contributed by atoms with Crippen LogP contribution in [0.15, 0.2) is 80.6 Å². The van der Waals surface area contributed by atoms with Crippen molar-refractivity contribution in [2.75, 3.05) is 0 Å². The zero-order valence-corrected chi connectivity index (χ0v) is 13.1. The molecule has 0 radical (unpaired) electrons. The first-order chi connectivity index (χ1) is 12.2. The minimum atomic E-state index is -0.292. The summed E-state index contributed by atoms with van der Waals surface area (Å²) >= 11 is 0. The highest BCUT2D eigenvalue weighted by molar-refractivity contribution is 5.79. The number of hydrogen-bond donors (Lipinski definition) is 0. The molecular weight excluding hydrogens is 323 g/mol. The van der Waals surface area contributed by atoms with E-state index >= 15 is 0 Å². The summed E-state index contributed by atoms with van der Waals surface area (Å²) in [6, 6.07) is 16.0. The number of furan rings is 1. The number of halogens is 1. The van der Waals surface area contributed by atoms with Gasteiger partial charge in [-0.15, -0.1) is 0 Å². The molecular formula is C20H13FO4. The molecule has 4 aromatic rings. The fraction of sp³-hybridized carbons (Fsp3) is 0.0500. The van der Waals surface area contributed by atoms with Crippen LogP contribution in [0, 0.1) is 5.82 Å². The summed E-state index contributed by atoms with van der Waals surface area (Å²) in [5, 5.41) is 0.423. The zero-order valence-electron chi connectivity index (χ0n) is 13.1. The van der Waals surface area contributed by atoms with E-state index in [9.17, 15) is 9.18 Å². The smallest absolute Gasteiger partial charge is 0.193 e. The Morgan fingerprint density at radius 2 is 1.80 bits per heavy atom. The van der Waals surface area contributed by atoms with Gasteiger partial charge in [-0.3, -0.25) is 4.79 Å². The van der Waals surface area contributed by atoms with E-state index in [0.717, 1.165) is 5.56 Å². The third kappa shape index (κ3) is 3.17. The van der Waals surface area contributed by atoms with Crippen molar-refractivity contribution >= 4 is 11.0 Å². The predicted molar refractivity (Wildman–Crippen MR) is 90.9 cm³/mol. The lowest BCUT2D eigenvalue weighted by Gasteiger charge is -2.07. The van der Waals surface area contributed by atoms with Crippen LogP contribution in [-0.2, 0) is 6.61 Å². The molecule has 0 bridgehead atoms. The van der Waals surface area contributed by atoms with E-state index in [1.165, 1.54) is 24.5 Å². The highest BCUT2D eigenvalue weighted by atomic mass is 19.1. The lowest BCUT2D eigenvalue weighted by atomic mass is 10.2. The summed E-state index contributed by atoms with van der Waals surface area (Å²) in [4.78, 5) is 12.4. The second-order valence-corrected chi connectivity index (χ2v) is 5.53. The van der Waals surface area contributed by atoms with Gasteiger partial charge in [-0.05, 0) is 48.0 Å². The van der Waals surface area contributed by atoms with Gasteiger partial charge in [0.05, 0.1) is 11.6 Å². The molecule has 0 N–H and O–H groups in total. The molecule has 0 unspecified atom stereocenters. The van der Waals surface area contributed by atoms with E-state index in [-0.39, 0.29) is 17.9 Å². The molecule has 0 aliphatic carbocycles. The quantitative estimate of drug-likeness (QED) is 0.538. The molecule has 0 saturated carbocycles. The van der Waals surface area contributed by atoms with Crippen molar-refractivity contribution in [3.05, 3.63) is 88.5 Å². The largest absolute Gasteiger partial charge is 0.489 e. The van der Waals surface area contributed by atoms with E-state index in [1.54, 1.807) is 42.5 Å². The molecule has 124 valence electrons. The van der Waals surface area contributed by atoms with E-state index < -0.39 is 0 Å². The third-order valence-corrected chi connectivity index (χ3v) is 3.78. The van der Waals surface area contributed by atoms with Gasteiger partial charge in [0.15, 0.2) is 16.9 Å². The first-order valence-corrected chi connectivity index (χ1v) is 7.68. The normalized spacial score (nSPS) is 10.9. The Balaban J connectivity index is 1.62. The number of hydrogen-bond acceptors (Lipinski definition) is 4. The zero-order chi connectivity index (χ0) is 17.2. The van der Waals surface area contributed by atoms with Crippen molar-refractivity contribution in [1.82, 2.24) is 0 Å². The molecule has 25 heavy (non-hydrogen) atoms. The SMILES string of the molecule is O=c1cc(-c2ccco2)oc2ccc(OCc3ccc(F)cc3)cc12. The van der Waals surface area contributed by atoms with Crippen molar-refractivity contribution in [3.8, 4) is 17.3 Å². The second-order valence-electron chi connectivity index (χ2n) is 5.53. The number of benzene rings is 2. The molecule has 0 amide bonds. The van der Waals surface area contributed by atoms with Crippen LogP contribution in [-0.4, -0.2) is 0 Å². The van der Waals surface area contributed by atoms with Gasteiger partial charge in [-0.25, -0.2) is 4.39 Å². The summed E-state index contributed by atoms with van der Waals surface area (Å²) in [7, 11) is 0. The maximum absolute atomic E-state index is 12.9. The maximum Gasteiger partial charge on any atom is 0.193 e. The Kier molecular flexibility index (Phi) is 3.82. The predicted octanol–water partition coefficient (Wildman–Crippen LogP) is 4.77. The van der Waals surface area contributed by atoms with Crippen molar-refractivity contribution in [3.63, 3.8) is 0 Å². The second kappa shape index (κ2) is 6.28. The maximum atomic E-state index is 12.9. The number of rotatable bonds is 4. The molecule has 2 aromatic carbocycles. The summed E-state index contributed by atoms with van der Waals surface area (Å²) in [5.41, 5.74) is 1.11. The van der Waals surface area contributed by atoms with Crippen LogP contribution in [0.25, 0.3) is 22.5 Å². The van der Waals surface area contributed by atoms with E-state index in [4.69, 9.17) is 13.6 Å². The molecule has 4 nitrogen and oxygen atoms in total. The summed E-state index contributed by atoms with van der Waals surface area (Å²) in [6.07, 6.45) is 1.52. The van der Waals surface area contributed by atoms with Crippen molar-refractivity contribution in [2.24, 2.45) is 0 Å². The topological polar surface area (TPSA) is 52.6 Å². The molecule has 5 heteroatoms. The van der Waals surface area contributed by atoms with Crippen LogP contribution in [0.1, 0.15) is 5.56 Å². The van der Waals surface area contributed by atoms with Gasteiger partial charge >= 0.3 is 0 Å². The Hall–Kier alpha value is -3.34. The molecule has 4 rings (SSSR count). The molecule has 2 heterocycles. The lowest BCUT2D eigenvalue weighted by Crippen LogP contribution is -2.01. The van der Waals surface area contributed by atoms with Gasteiger partial charge in [0.1, 0.15) is 23.8 Å². The monoisotopic (exact) mass is 336 g/mol. The highest BCUT2D eigenvalue weighted by Gasteiger charge is 2.10. The standard InChI is InChI=1S/C20H13FO4/c21-14-5-3-13(4-6-14)12-24-15-7-8-18-16(10-15)17(22)11-20(25-18)19-2-1-9-23-19/h1-11H,12H2. The van der Waals surface area contributed by atoms with Crippen LogP contribution in [0.3, 0.4) is 0 Å². The van der Waals surface area contributed by atoms with Crippen LogP contribution in [0.4, 0.5) is 4.39 Å². The molecule has 0 fully saturated rings.